The number of quaternary nitrogens is 1. The maximum absolute atomic E-state index is 6.52. The zero-order chi connectivity index (χ0) is 33.5. The van der Waals surface area contributed by atoms with Gasteiger partial charge in [-0.15, -0.1) is 11.3 Å². The number of hydrogen-bond acceptors (Lipinski definition) is 5. The highest BCUT2D eigenvalue weighted by atomic mass is 32.1. The fraction of sp³-hybridized carbons (Fsp3) is 0.0444. The normalized spacial score (nSPS) is 16.4. The first-order chi connectivity index (χ1) is 25.3. The Morgan fingerprint density at radius 2 is 1.24 bits per heavy atom. The minimum atomic E-state index is -0.140. The monoisotopic (exact) mass is 676 g/mol. The third kappa shape index (κ3) is 4.47. The number of amidine groups is 1. The van der Waals surface area contributed by atoms with Gasteiger partial charge in [0.15, 0.2) is 6.17 Å². The Bertz CT molecular complexity index is 3010. The Morgan fingerprint density at radius 1 is 0.549 bits per heavy atom. The van der Waals surface area contributed by atoms with Crippen LogP contribution in [0.25, 0.3) is 75.2 Å². The quantitative estimate of drug-likeness (QED) is 0.195. The zero-order valence-corrected chi connectivity index (χ0v) is 28.2. The summed E-state index contributed by atoms with van der Waals surface area (Å²) in [5.41, 5.74) is 9.25. The Labute approximate surface area is 296 Å². The van der Waals surface area contributed by atoms with Gasteiger partial charge in [0.2, 0.25) is 6.17 Å². The van der Waals surface area contributed by atoms with Gasteiger partial charge in [-0.25, -0.2) is 4.99 Å². The van der Waals surface area contributed by atoms with Crippen molar-refractivity contribution >= 4 is 81.2 Å². The molecule has 10 aromatic rings. The molecule has 7 aromatic carbocycles. The molecule has 3 N–H and O–H groups in total. The van der Waals surface area contributed by atoms with Gasteiger partial charge in [0.05, 0.1) is 0 Å². The van der Waals surface area contributed by atoms with Crippen molar-refractivity contribution in [3.05, 3.63) is 168 Å². The van der Waals surface area contributed by atoms with E-state index in [4.69, 9.17) is 13.8 Å². The van der Waals surface area contributed by atoms with Crippen molar-refractivity contribution in [2.45, 2.75) is 12.3 Å². The number of rotatable bonds is 4. The van der Waals surface area contributed by atoms with Crippen LogP contribution in [0, 0.1) is 0 Å². The maximum atomic E-state index is 6.52. The summed E-state index contributed by atoms with van der Waals surface area (Å²) in [4.78, 5) is 5.34. The molecule has 0 amide bonds. The van der Waals surface area contributed by atoms with Crippen LogP contribution in [0.15, 0.2) is 165 Å². The molecule has 4 heterocycles. The molecular weight excluding hydrogens is 647 g/mol. The van der Waals surface area contributed by atoms with E-state index >= 15 is 0 Å². The molecule has 0 spiro atoms. The van der Waals surface area contributed by atoms with E-state index in [-0.39, 0.29) is 12.3 Å². The number of nitrogens with zero attached hydrogens (tertiary/aromatic N) is 1. The van der Waals surface area contributed by atoms with Crippen LogP contribution in [0.3, 0.4) is 0 Å². The number of thiophene rings is 1. The topological polar surface area (TPSA) is 67.3 Å². The fourth-order valence-corrected chi connectivity index (χ4v) is 9.22. The number of benzene rings is 7. The minimum absolute atomic E-state index is 0.106. The predicted octanol–water partition coefficient (Wildman–Crippen LogP) is 10.8. The molecule has 11 rings (SSSR count). The van der Waals surface area contributed by atoms with E-state index in [1.165, 1.54) is 36.9 Å². The number of aliphatic imine (C=N–C) groups is 1. The number of nitrogens with one attached hydrogen (secondary N) is 1. The van der Waals surface area contributed by atoms with Crippen LogP contribution in [-0.2, 0) is 0 Å². The van der Waals surface area contributed by atoms with Gasteiger partial charge < -0.3 is 14.2 Å². The maximum Gasteiger partial charge on any atom is 0.209 e. The Balaban J connectivity index is 1.09. The Morgan fingerprint density at radius 3 is 2.14 bits per heavy atom. The summed E-state index contributed by atoms with van der Waals surface area (Å²) in [6.07, 6.45) is -0.246. The van der Waals surface area contributed by atoms with Crippen LogP contribution in [0.1, 0.15) is 29.0 Å². The average Bonchev–Trinajstić information content (AvgIpc) is 3.89. The molecule has 0 aliphatic carbocycles. The second-order valence-electron chi connectivity index (χ2n) is 13.2. The van der Waals surface area contributed by atoms with E-state index in [1.54, 1.807) is 0 Å². The van der Waals surface area contributed by atoms with Crippen LogP contribution in [-0.4, -0.2) is 5.84 Å². The molecule has 2 unspecified atom stereocenters. The van der Waals surface area contributed by atoms with E-state index in [9.17, 15) is 0 Å². The molecule has 0 fully saturated rings. The van der Waals surface area contributed by atoms with Gasteiger partial charge in [-0.05, 0) is 48.0 Å². The van der Waals surface area contributed by atoms with Gasteiger partial charge in [0.25, 0.3) is 0 Å². The SMILES string of the molecule is c1ccc(C2N=C(c3ccc4oc5cccc(-c6cccc7c6sc6ccccc67)c5c4c3)NC(c3cccc4oc5ccccc5c34)[NH2+]2)cc1. The fourth-order valence-electron chi connectivity index (χ4n) is 7.99. The molecule has 0 bridgehead atoms. The molecule has 0 radical (unpaired) electrons. The molecule has 5 nitrogen and oxygen atoms in total. The van der Waals surface area contributed by atoms with Gasteiger partial charge >= 0.3 is 0 Å². The summed E-state index contributed by atoms with van der Waals surface area (Å²) in [5.74, 6) is 0.849. The first-order valence-corrected chi connectivity index (χ1v) is 18.1. The van der Waals surface area contributed by atoms with E-state index in [0.717, 1.165) is 60.8 Å². The Hall–Kier alpha value is -6.21. The first-order valence-electron chi connectivity index (χ1n) is 17.3. The van der Waals surface area contributed by atoms with Crippen LogP contribution in [0.5, 0.6) is 0 Å². The molecule has 51 heavy (non-hydrogen) atoms. The number of fused-ring (bicyclic) bond motifs is 9. The van der Waals surface area contributed by atoms with E-state index < -0.39 is 0 Å². The van der Waals surface area contributed by atoms with Crippen molar-refractivity contribution in [1.29, 1.82) is 0 Å². The van der Waals surface area contributed by atoms with Crippen molar-refractivity contribution in [2.75, 3.05) is 0 Å². The second kappa shape index (κ2) is 11.2. The van der Waals surface area contributed by atoms with Crippen molar-refractivity contribution < 1.29 is 14.2 Å². The van der Waals surface area contributed by atoms with Crippen molar-refractivity contribution in [1.82, 2.24) is 5.32 Å². The smallest absolute Gasteiger partial charge is 0.209 e. The van der Waals surface area contributed by atoms with Gasteiger partial charge in [-0.3, -0.25) is 5.32 Å². The van der Waals surface area contributed by atoms with Gasteiger partial charge in [0, 0.05) is 64.0 Å². The molecule has 1 aliphatic rings. The van der Waals surface area contributed by atoms with E-state index in [1.807, 2.05) is 23.5 Å². The molecule has 2 atom stereocenters. The molecule has 0 saturated heterocycles. The number of nitrogens with two attached hydrogens (primary N) is 1. The zero-order valence-electron chi connectivity index (χ0n) is 27.3. The van der Waals surface area contributed by atoms with Gasteiger partial charge in [0.1, 0.15) is 28.2 Å². The molecule has 6 heteroatoms. The van der Waals surface area contributed by atoms with Gasteiger partial charge in [-0.1, -0.05) is 109 Å². The van der Waals surface area contributed by atoms with Crippen molar-refractivity contribution in [2.24, 2.45) is 4.99 Å². The van der Waals surface area contributed by atoms with Crippen LogP contribution < -0.4 is 10.6 Å². The lowest BCUT2D eigenvalue weighted by atomic mass is 9.97. The predicted molar refractivity (Wildman–Crippen MR) is 209 cm³/mol. The molecule has 1 aliphatic heterocycles. The highest BCUT2D eigenvalue weighted by Gasteiger charge is 2.31. The van der Waals surface area contributed by atoms with Crippen molar-refractivity contribution in [3.8, 4) is 11.1 Å². The highest BCUT2D eigenvalue weighted by molar-refractivity contribution is 7.26. The molecule has 242 valence electrons. The lowest BCUT2D eigenvalue weighted by Gasteiger charge is -2.29. The van der Waals surface area contributed by atoms with Crippen LogP contribution >= 0.6 is 11.3 Å². The first kappa shape index (κ1) is 28.6. The summed E-state index contributed by atoms with van der Waals surface area (Å²) in [6.45, 7) is 0. The number of para-hydroxylation sites is 1. The summed E-state index contributed by atoms with van der Waals surface area (Å²) >= 11 is 1.85. The number of hydrogen-bond donors (Lipinski definition) is 2. The van der Waals surface area contributed by atoms with Crippen LogP contribution in [0.2, 0.25) is 0 Å². The summed E-state index contributed by atoms with van der Waals surface area (Å²) in [7, 11) is 0. The van der Waals surface area contributed by atoms with E-state index in [0.29, 0.717) is 0 Å². The molecule has 3 aromatic heterocycles. The van der Waals surface area contributed by atoms with Crippen molar-refractivity contribution in [3.63, 3.8) is 0 Å². The molecule has 0 saturated carbocycles. The van der Waals surface area contributed by atoms with E-state index in [2.05, 4.69) is 150 Å². The highest BCUT2D eigenvalue weighted by Crippen LogP contribution is 2.44. The minimum Gasteiger partial charge on any atom is -0.456 e. The second-order valence-corrected chi connectivity index (χ2v) is 14.3. The lowest BCUT2D eigenvalue weighted by Crippen LogP contribution is -2.90. The average molecular weight is 677 g/mol. The summed E-state index contributed by atoms with van der Waals surface area (Å²) in [6, 6.07) is 53.4. The largest absolute Gasteiger partial charge is 0.456 e. The Kier molecular flexibility index (Phi) is 6.26. The third-order valence-electron chi connectivity index (χ3n) is 10.3. The third-order valence-corrected chi connectivity index (χ3v) is 11.5. The van der Waals surface area contributed by atoms with Crippen LogP contribution in [0.4, 0.5) is 0 Å². The number of furan rings is 2. The standard InChI is InChI=1S/C45H29N3O2S/c1-2-11-26(12-3-1)43-46-44(48-45(47-43)33-18-10-21-38-41(33)32-14-4-6-19-35(32)49-38)27-23-24-36-34(25-27)40-29(15-9-20-37(40)50-36)31-17-8-16-30-28-13-5-7-22-39(28)51-42(30)31/h1-25,43,45,47H,(H,46,48)/p+1. The lowest BCUT2D eigenvalue weighted by molar-refractivity contribution is -0.739. The van der Waals surface area contributed by atoms with Gasteiger partial charge in [-0.2, -0.15) is 0 Å². The summed E-state index contributed by atoms with van der Waals surface area (Å²) in [5, 5.41) is 13.2. The summed E-state index contributed by atoms with van der Waals surface area (Å²) < 4.78 is 15.4. The molecular formula is C45H30N3O2S+.